The average molecular weight is 280 g/mol. The van der Waals surface area contributed by atoms with Gasteiger partial charge in [-0.15, -0.1) is 0 Å². The fourth-order valence-electron chi connectivity index (χ4n) is 2.84. The van der Waals surface area contributed by atoms with Gasteiger partial charge in [0.15, 0.2) is 6.19 Å². The summed E-state index contributed by atoms with van der Waals surface area (Å²) < 4.78 is 5.27. The third kappa shape index (κ3) is 4.01. The largest absolute Gasteiger partial charge is 0.444 e. The molecule has 0 aromatic rings. The summed E-state index contributed by atoms with van der Waals surface area (Å²) in [6.07, 6.45) is 3.85. The number of hydrogen-bond donors (Lipinski definition) is 1. The molecule has 2 heterocycles. The van der Waals surface area contributed by atoms with Crippen molar-refractivity contribution in [1.29, 1.82) is 5.26 Å². The maximum atomic E-state index is 11.7. The number of rotatable bonds is 2. The molecule has 2 atom stereocenters. The lowest BCUT2D eigenvalue weighted by atomic mass is 10.2. The molecule has 2 fully saturated rings. The highest BCUT2D eigenvalue weighted by atomic mass is 16.6. The molecule has 0 aromatic heterocycles. The van der Waals surface area contributed by atoms with Crippen molar-refractivity contribution in [2.45, 2.75) is 51.3 Å². The molecule has 112 valence electrons. The third-order valence-electron chi connectivity index (χ3n) is 3.76. The quantitative estimate of drug-likeness (QED) is 0.768. The van der Waals surface area contributed by atoms with Crippen molar-refractivity contribution in [3.8, 4) is 6.19 Å². The van der Waals surface area contributed by atoms with Gasteiger partial charge in [0.25, 0.3) is 0 Å². The highest BCUT2D eigenvalue weighted by Gasteiger charge is 2.33. The van der Waals surface area contributed by atoms with Crippen LogP contribution in [0.4, 0.5) is 4.79 Å². The van der Waals surface area contributed by atoms with E-state index in [1.807, 2.05) is 20.8 Å². The molecule has 0 aliphatic carbocycles. The fourth-order valence-corrected chi connectivity index (χ4v) is 2.84. The van der Waals surface area contributed by atoms with Gasteiger partial charge in [-0.3, -0.25) is 4.90 Å². The number of carbonyl (C=O) groups excluding carboxylic acids is 1. The second kappa shape index (κ2) is 5.88. The number of alkyl carbamates (subject to hydrolysis) is 1. The Labute approximate surface area is 120 Å². The van der Waals surface area contributed by atoms with Gasteiger partial charge in [-0.2, -0.15) is 5.26 Å². The maximum absolute atomic E-state index is 11.7. The molecule has 2 rings (SSSR count). The van der Waals surface area contributed by atoms with E-state index in [9.17, 15) is 4.79 Å². The van der Waals surface area contributed by atoms with Crippen LogP contribution in [-0.2, 0) is 4.74 Å². The minimum atomic E-state index is -0.457. The summed E-state index contributed by atoms with van der Waals surface area (Å²) in [6.45, 7) is 9.08. The number of hydrogen-bond acceptors (Lipinski definition) is 5. The maximum Gasteiger partial charge on any atom is 0.407 e. The predicted molar refractivity (Wildman–Crippen MR) is 74.9 cm³/mol. The zero-order chi connectivity index (χ0) is 14.8. The summed E-state index contributed by atoms with van der Waals surface area (Å²) in [4.78, 5) is 15.9. The minimum Gasteiger partial charge on any atom is -0.444 e. The Morgan fingerprint density at radius 3 is 2.65 bits per heavy atom. The molecule has 2 aliphatic heterocycles. The molecule has 0 unspecified atom stereocenters. The first-order valence-corrected chi connectivity index (χ1v) is 7.25. The Morgan fingerprint density at radius 2 is 2.05 bits per heavy atom. The zero-order valence-electron chi connectivity index (χ0n) is 12.6. The van der Waals surface area contributed by atoms with Crippen LogP contribution in [0.3, 0.4) is 0 Å². The van der Waals surface area contributed by atoms with Crippen molar-refractivity contribution in [2.24, 2.45) is 0 Å². The zero-order valence-corrected chi connectivity index (χ0v) is 12.6. The van der Waals surface area contributed by atoms with Gasteiger partial charge in [0.2, 0.25) is 0 Å². The molecule has 6 nitrogen and oxygen atoms in total. The lowest BCUT2D eigenvalue weighted by Crippen LogP contribution is -2.42. The lowest BCUT2D eigenvalue weighted by molar-refractivity contribution is 0.0504. The molecule has 20 heavy (non-hydrogen) atoms. The van der Waals surface area contributed by atoms with E-state index in [0.717, 1.165) is 39.0 Å². The minimum absolute atomic E-state index is 0.154. The monoisotopic (exact) mass is 280 g/mol. The van der Waals surface area contributed by atoms with Crippen molar-refractivity contribution in [1.82, 2.24) is 15.1 Å². The lowest BCUT2D eigenvalue weighted by Gasteiger charge is -2.24. The summed E-state index contributed by atoms with van der Waals surface area (Å²) >= 11 is 0. The molecule has 6 heteroatoms. The highest BCUT2D eigenvalue weighted by molar-refractivity contribution is 5.68. The van der Waals surface area contributed by atoms with E-state index in [1.165, 1.54) is 0 Å². The van der Waals surface area contributed by atoms with Crippen molar-refractivity contribution < 1.29 is 9.53 Å². The van der Waals surface area contributed by atoms with Gasteiger partial charge in [-0.05, 0) is 33.6 Å². The topological polar surface area (TPSA) is 68.6 Å². The van der Waals surface area contributed by atoms with Crippen LogP contribution < -0.4 is 5.32 Å². The number of nitrogens with zero attached hydrogens (tertiary/aromatic N) is 3. The summed E-state index contributed by atoms with van der Waals surface area (Å²) in [5.41, 5.74) is -0.457. The SMILES string of the molecule is CC(C)(C)OC(=O)N[C@H]1CCN([C@H]2CCN(C#N)C2)C1. The van der Waals surface area contributed by atoms with Crippen molar-refractivity contribution in [3.05, 3.63) is 0 Å². The van der Waals surface area contributed by atoms with Gasteiger partial charge >= 0.3 is 6.09 Å². The summed E-state index contributed by atoms with van der Waals surface area (Å²) in [7, 11) is 0. The van der Waals surface area contributed by atoms with Gasteiger partial charge < -0.3 is 15.0 Å². The second-order valence-corrected chi connectivity index (χ2v) is 6.62. The molecule has 0 bridgehead atoms. The van der Waals surface area contributed by atoms with E-state index in [-0.39, 0.29) is 12.1 Å². The van der Waals surface area contributed by atoms with Crippen LogP contribution in [0, 0.1) is 11.5 Å². The smallest absolute Gasteiger partial charge is 0.407 e. The molecule has 2 aliphatic rings. The van der Waals surface area contributed by atoms with Crippen LogP contribution in [0.25, 0.3) is 0 Å². The van der Waals surface area contributed by atoms with E-state index in [0.29, 0.717) is 6.04 Å². The van der Waals surface area contributed by atoms with E-state index in [2.05, 4.69) is 16.4 Å². The first-order chi connectivity index (χ1) is 9.37. The number of ether oxygens (including phenoxy) is 1. The van der Waals surface area contributed by atoms with E-state index >= 15 is 0 Å². The van der Waals surface area contributed by atoms with E-state index in [4.69, 9.17) is 10.00 Å². The Balaban J connectivity index is 1.76. The third-order valence-corrected chi connectivity index (χ3v) is 3.76. The molecule has 0 radical (unpaired) electrons. The van der Waals surface area contributed by atoms with Crippen molar-refractivity contribution >= 4 is 6.09 Å². The van der Waals surface area contributed by atoms with Crippen LogP contribution in [0.2, 0.25) is 0 Å². The Bertz CT molecular complexity index is 399. The molecule has 0 spiro atoms. The van der Waals surface area contributed by atoms with Crippen LogP contribution >= 0.6 is 0 Å². The van der Waals surface area contributed by atoms with Crippen molar-refractivity contribution in [3.63, 3.8) is 0 Å². The molecular weight excluding hydrogens is 256 g/mol. The van der Waals surface area contributed by atoms with E-state index < -0.39 is 5.60 Å². The van der Waals surface area contributed by atoms with Crippen molar-refractivity contribution in [2.75, 3.05) is 26.2 Å². The van der Waals surface area contributed by atoms with Gasteiger partial charge in [-0.25, -0.2) is 4.79 Å². The Hall–Kier alpha value is -1.48. The number of likely N-dealkylation sites (tertiary alicyclic amines) is 2. The van der Waals surface area contributed by atoms with Gasteiger partial charge in [0, 0.05) is 38.3 Å². The molecular formula is C14H24N4O2. The number of carbonyl (C=O) groups is 1. The number of nitrogens with one attached hydrogen (secondary N) is 1. The van der Waals surface area contributed by atoms with Gasteiger partial charge in [0.1, 0.15) is 5.60 Å². The van der Waals surface area contributed by atoms with Gasteiger partial charge in [-0.1, -0.05) is 0 Å². The summed E-state index contributed by atoms with van der Waals surface area (Å²) in [5, 5.41) is 11.8. The molecule has 0 saturated carbocycles. The predicted octanol–water partition coefficient (Wildman–Crippen LogP) is 1.14. The second-order valence-electron chi connectivity index (χ2n) is 6.62. The molecule has 0 aromatic carbocycles. The van der Waals surface area contributed by atoms with Gasteiger partial charge in [0.05, 0.1) is 0 Å². The van der Waals surface area contributed by atoms with Crippen LogP contribution in [0.1, 0.15) is 33.6 Å². The molecule has 1 N–H and O–H groups in total. The van der Waals surface area contributed by atoms with Crippen LogP contribution in [0.15, 0.2) is 0 Å². The summed E-state index contributed by atoms with van der Waals surface area (Å²) in [5.74, 6) is 0. The first kappa shape index (κ1) is 14.9. The standard InChI is InChI=1S/C14H24N4O2/c1-14(2,3)20-13(19)16-11-4-7-18(8-11)12-5-6-17(9-12)10-15/h11-12H,4-9H2,1-3H3,(H,16,19)/t11-,12-/m0/s1. The van der Waals surface area contributed by atoms with Crippen LogP contribution in [0.5, 0.6) is 0 Å². The Kier molecular flexibility index (Phi) is 4.39. The molecule has 1 amide bonds. The number of nitriles is 1. The molecule has 2 saturated heterocycles. The Morgan fingerprint density at radius 1 is 1.30 bits per heavy atom. The summed E-state index contributed by atoms with van der Waals surface area (Å²) in [6, 6.07) is 0.598. The van der Waals surface area contributed by atoms with Crippen LogP contribution in [-0.4, -0.2) is 59.8 Å². The highest BCUT2D eigenvalue weighted by Crippen LogP contribution is 2.20. The fraction of sp³-hybridized carbons (Fsp3) is 0.857. The normalized spacial score (nSPS) is 27.4. The first-order valence-electron chi connectivity index (χ1n) is 7.25. The number of amides is 1. The van der Waals surface area contributed by atoms with E-state index in [1.54, 1.807) is 4.90 Å². The average Bonchev–Trinajstić information content (AvgIpc) is 2.93.